The molecule has 3 aliphatic carbocycles. The summed E-state index contributed by atoms with van der Waals surface area (Å²) in [7, 11) is 0. The summed E-state index contributed by atoms with van der Waals surface area (Å²) >= 11 is 0. The summed E-state index contributed by atoms with van der Waals surface area (Å²) in [6.45, 7) is 4.51. The second kappa shape index (κ2) is 6.36. The van der Waals surface area contributed by atoms with Crippen LogP contribution in [0.2, 0.25) is 0 Å². The highest BCUT2D eigenvalue weighted by molar-refractivity contribution is 5.82. The number of nitrogens with zero attached hydrogens (tertiary/aromatic N) is 1. The van der Waals surface area contributed by atoms with Gasteiger partial charge in [0.15, 0.2) is 0 Å². The standard InChI is InChI=1S/C21H32F3NO2/c1-19-9-7-14(26)12-13(19)5-6-15-16(19)8-10-20(2)17(15)4-3-11-25(20)18(27)21(22,23)24/h13-17,26H,3-12H2,1-2H3/t13-,14-,15?,16?,17?,19+,20+/m1/s1. The van der Waals surface area contributed by atoms with Crippen LogP contribution < -0.4 is 0 Å². The normalized spacial score (nSPS) is 47.6. The highest BCUT2D eigenvalue weighted by Gasteiger charge is 2.61. The fraction of sp³-hybridized carbons (Fsp3) is 0.952. The van der Waals surface area contributed by atoms with Gasteiger partial charge in [0.05, 0.1) is 6.10 Å². The predicted octanol–water partition coefficient (Wildman–Crippen LogP) is 4.53. The molecule has 3 nitrogen and oxygen atoms in total. The number of aliphatic hydroxyl groups is 1. The Bertz CT molecular complexity index is 609. The van der Waals surface area contributed by atoms with E-state index in [2.05, 4.69) is 6.92 Å². The van der Waals surface area contributed by atoms with E-state index in [9.17, 15) is 23.1 Å². The third-order valence-electron chi connectivity index (χ3n) is 9.00. The van der Waals surface area contributed by atoms with E-state index < -0.39 is 17.6 Å². The van der Waals surface area contributed by atoms with Crippen molar-refractivity contribution in [2.75, 3.05) is 6.54 Å². The summed E-state index contributed by atoms with van der Waals surface area (Å²) in [5.74, 6) is -0.0232. The van der Waals surface area contributed by atoms with Crippen LogP contribution in [0.5, 0.6) is 0 Å². The predicted molar refractivity (Wildman–Crippen MR) is 95.8 cm³/mol. The van der Waals surface area contributed by atoms with Crippen LogP contribution in [0.25, 0.3) is 0 Å². The van der Waals surface area contributed by atoms with Crippen molar-refractivity contribution in [3.05, 3.63) is 0 Å². The number of aliphatic hydroxyl groups excluding tert-OH is 1. The number of hydrogen-bond acceptors (Lipinski definition) is 2. The number of alkyl halides is 3. The minimum atomic E-state index is -4.79. The topological polar surface area (TPSA) is 40.5 Å². The van der Waals surface area contributed by atoms with Crippen LogP contribution in [-0.4, -0.2) is 40.3 Å². The van der Waals surface area contributed by atoms with Crippen LogP contribution in [0.1, 0.15) is 71.6 Å². The Balaban J connectivity index is 1.62. The van der Waals surface area contributed by atoms with E-state index in [0.29, 0.717) is 30.6 Å². The molecule has 7 atom stereocenters. The van der Waals surface area contributed by atoms with Gasteiger partial charge in [-0.05, 0) is 93.8 Å². The second-order valence-electron chi connectivity index (χ2n) is 10.1. The molecule has 27 heavy (non-hydrogen) atoms. The van der Waals surface area contributed by atoms with E-state index in [1.165, 1.54) is 4.90 Å². The number of hydrogen-bond donors (Lipinski definition) is 1. The Hall–Kier alpha value is -0.780. The van der Waals surface area contributed by atoms with E-state index in [1.54, 1.807) is 0 Å². The van der Waals surface area contributed by atoms with Gasteiger partial charge in [0.25, 0.3) is 0 Å². The van der Waals surface area contributed by atoms with Gasteiger partial charge in [0.2, 0.25) is 0 Å². The number of piperidine rings is 1. The van der Waals surface area contributed by atoms with E-state index in [-0.39, 0.29) is 24.0 Å². The third kappa shape index (κ3) is 2.92. The lowest BCUT2D eigenvalue weighted by Crippen LogP contribution is -2.66. The molecule has 3 saturated carbocycles. The first-order valence-corrected chi connectivity index (χ1v) is 10.6. The summed E-state index contributed by atoms with van der Waals surface area (Å²) in [4.78, 5) is 13.3. The first-order chi connectivity index (χ1) is 12.6. The summed E-state index contributed by atoms with van der Waals surface area (Å²) < 4.78 is 39.6. The average Bonchev–Trinajstić information content (AvgIpc) is 2.59. The number of fused-ring (bicyclic) bond motifs is 5. The number of amides is 1. The molecule has 0 bridgehead atoms. The van der Waals surface area contributed by atoms with Gasteiger partial charge >= 0.3 is 12.1 Å². The minimum absolute atomic E-state index is 0.168. The number of carbonyl (C=O) groups is 1. The molecular formula is C21H32F3NO2. The van der Waals surface area contributed by atoms with Crippen molar-refractivity contribution in [3.63, 3.8) is 0 Å². The molecule has 1 saturated heterocycles. The molecular weight excluding hydrogens is 355 g/mol. The zero-order valence-corrected chi connectivity index (χ0v) is 16.4. The zero-order chi connectivity index (χ0) is 19.6. The molecule has 0 aromatic carbocycles. The number of halogens is 3. The number of likely N-dealkylation sites (tertiary alicyclic amines) is 1. The molecule has 4 rings (SSSR count). The molecule has 1 amide bonds. The fourth-order valence-corrected chi connectivity index (χ4v) is 7.61. The lowest BCUT2D eigenvalue weighted by atomic mass is 9.45. The van der Waals surface area contributed by atoms with E-state index >= 15 is 0 Å². The fourth-order valence-electron chi connectivity index (χ4n) is 7.61. The van der Waals surface area contributed by atoms with Crippen LogP contribution in [0.4, 0.5) is 13.2 Å². The van der Waals surface area contributed by atoms with Crippen LogP contribution in [0.15, 0.2) is 0 Å². The highest BCUT2D eigenvalue weighted by atomic mass is 19.4. The van der Waals surface area contributed by atoms with Crippen molar-refractivity contribution in [2.24, 2.45) is 29.1 Å². The Kier molecular flexibility index (Phi) is 4.60. The van der Waals surface area contributed by atoms with Crippen molar-refractivity contribution >= 4 is 5.91 Å². The monoisotopic (exact) mass is 387 g/mol. The SMILES string of the molecule is C[C@]12CCC3C(CC[C@@H]4C[C@H](O)CC[C@]34C)C1CCCN2C(=O)C(F)(F)F. The van der Waals surface area contributed by atoms with Crippen molar-refractivity contribution < 1.29 is 23.1 Å². The molecule has 1 aliphatic heterocycles. The van der Waals surface area contributed by atoms with Gasteiger partial charge in [-0.25, -0.2) is 0 Å². The molecule has 0 spiro atoms. The summed E-state index contributed by atoms with van der Waals surface area (Å²) in [6, 6.07) is 0. The van der Waals surface area contributed by atoms with Crippen molar-refractivity contribution in [3.8, 4) is 0 Å². The minimum Gasteiger partial charge on any atom is -0.393 e. The largest absolute Gasteiger partial charge is 0.471 e. The van der Waals surface area contributed by atoms with E-state index in [0.717, 1.165) is 44.9 Å². The Morgan fingerprint density at radius 1 is 1.04 bits per heavy atom. The van der Waals surface area contributed by atoms with Gasteiger partial charge in [-0.1, -0.05) is 6.92 Å². The number of rotatable bonds is 0. The van der Waals surface area contributed by atoms with Crippen molar-refractivity contribution in [2.45, 2.75) is 89.5 Å². The smallest absolute Gasteiger partial charge is 0.393 e. The van der Waals surface area contributed by atoms with Gasteiger partial charge in [0.1, 0.15) is 0 Å². The Labute approximate surface area is 159 Å². The molecule has 6 heteroatoms. The molecule has 154 valence electrons. The summed E-state index contributed by atoms with van der Waals surface area (Å²) in [6.07, 6.45) is 3.04. The maximum Gasteiger partial charge on any atom is 0.471 e. The molecule has 0 aromatic rings. The van der Waals surface area contributed by atoms with Crippen molar-refractivity contribution in [1.29, 1.82) is 0 Å². The highest BCUT2D eigenvalue weighted by Crippen LogP contribution is 2.63. The molecule has 1 heterocycles. The van der Waals surface area contributed by atoms with Gasteiger partial charge < -0.3 is 10.0 Å². The Morgan fingerprint density at radius 2 is 1.78 bits per heavy atom. The maximum absolute atomic E-state index is 13.2. The van der Waals surface area contributed by atoms with Crippen LogP contribution in [0, 0.1) is 29.1 Å². The zero-order valence-electron chi connectivity index (χ0n) is 16.4. The first kappa shape index (κ1) is 19.5. The average molecular weight is 387 g/mol. The quantitative estimate of drug-likeness (QED) is 0.663. The Morgan fingerprint density at radius 3 is 2.48 bits per heavy atom. The van der Waals surface area contributed by atoms with Crippen LogP contribution in [0.3, 0.4) is 0 Å². The van der Waals surface area contributed by atoms with E-state index in [4.69, 9.17) is 0 Å². The summed E-state index contributed by atoms with van der Waals surface area (Å²) in [5.41, 5.74) is -0.469. The first-order valence-electron chi connectivity index (χ1n) is 10.6. The molecule has 3 unspecified atom stereocenters. The van der Waals surface area contributed by atoms with E-state index in [1.807, 2.05) is 6.92 Å². The molecule has 4 fully saturated rings. The third-order valence-corrected chi connectivity index (χ3v) is 9.00. The summed E-state index contributed by atoms with van der Waals surface area (Å²) in [5, 5.41) is 10.1. The molecule has 0 aromatic heterocycles. The van der Waals surface area contributed by atoms with Gasteiger partial charge in [-0.2, -0.15) is 13.2 Å². The van der Waals surface area contributed by atoms with Gasteiger partial charge in [-0.15, -0.1) is 0 Å². The van der Waals surface area contributed by atoms with Gasteiger partial charge in [-0.3, -0.25) is 4.79 Å². The number of carbonyl (C=O) groups excluding carboxylic acids is 1. The van der Waals surface area contributed by atoms with Crippen LogP contribution >= 0.6 is 0 Å². The van der Waals surface area contributed by atoms with Crippen molar-refractivity contribution in [1.82, 2.24) is 4.90 Å². The lowest BCUT2D eigenvalue weighted by Gasteiger charge is -2.64. The second-order valence-corrected chi connectivity index (χ2v) is 10.1. The molecule has 0 radical (unpaired) electrons. The van der Waals surface area contributed by atoms with Gasteiger partial charge in [0, 0.05) is 12.1 Å². The molecule has 1 N–H and O–H groups in total. The lowest BCUT2D eigenvalue weighted by molar-refractivity contribution is -0.205. The maximum atomic E-state index is 13.2. The molecule has 4 aliphatic rings. The van der Waals surface area contributed by atoms with Crippen LogP contribution in [-0.2, 0) is 4.79 Å².